The van der Waals surface area contributed by atoms with Gasteiger partial charge in [0.05, 0.1) is 15.0 Å². The summed E-state index contributed by atoms with van der Waals surface area (Å²) >= 11 is 13.0. The first-order valence-corrected chi connectivity index (χ1v) is 6.36. The van der Waals surface area contributed by atoms with Crippen molar-refractivity contribution in [1.29, 1.82) is 0 Å². The van der Waals surface area contributed by atoms with Crippen LogP contribution < -0.4 is 5.32 Å². The molecule has 1 saturated heterocycles. The lowest BCUT2D eigenvalue weighted by molar-refractivity contribution is -0.115. The van der Waals surface area contributed by atoms with Crippen LogP contribution in [0.2, 0.25) is 10.0 Å². The standard InChI is InChI=1S/C11H6Cl2N2O2S/c12-6-2-1-3-7(13)9(6)14-11-15-10(17)8(18-11)4-5-16/h1-5H,(H,14,15,17)/b8-4-. The number of hydrogen-bond acceptors (Lipinski definition) is 4. The molecule has 0 aromatic heterocycles. The Morgan fingerprint density at radius 3 is 2.56 bits per heavy atom. The molecule has 7 heteroatoms. The molecule has 0 atom stereocenters. The average molecular weight is 301 g/mol. The first-order chi connectivity index (χ1) is 8.61. The molecule has 0 bridgehead atoms. The Morgan fingerprint density at radius 1 is 1.28 bits per heavy atom. The minimum Gasteiger partial charge on any atom is -0.300 e. The second-order valence-corrected chi connectivity index (χ2v) is 5.06. The summed E-state index contributed by atoms with van der Waals surface area (Å²) in [6, 6.07) is 5.00. The molecular weight excluding hydrogens is 295 g/mol. The Morgan fingerprint density at radius 2 is 1.94 bits per heavy atom. The molecule has 2 rings (SSSR count). The van der Waals surface area contributed by atoms with Crippen molar-refractivity contribution in [2.45, 2.75) is 0 Å². The summed E-state index contributed by atoms with van der Waals surface area (Å²) in [6.45, 7) is 0. The first-order valence-electron chi connectivity index (χ1n) is 4.79. The second kappa shape index (κ2) is 5.56. The van der Waals surface area contributed by atoms with Gasteiger partial charge in [-0.3, -0.25) is 9.59 Å². The van der Waals surface area contributed by atoms with Crippen LogP contribution in [0.5, 0.6) is 0 Å². The summed E-state index contributed by atoms with van der Waals surface area (Å²) < 4.78 is 0. The van der Waals surface area contributed by atoms with E-state index in [0.29, 0.717) is 27.2 Å². The van der Waals surface area contributed by atoms with Crippen LogP contribution in [-0.4, -0.2) is 17.4 Å². The highest BCUT2D eigenvalue weighted by Gasteiger charge is 2.24. The van der Waals surface area contributed by atoms with Gasteiger partial charge in [0, 0.05) is 0 Å². The molecule has 1 aromatic carbocycles. The molecule has 1 aliphatic heterocycles. The van der Waals surface area contributed by atoms with Crippen molar-refractivity contribution in [3.05, 3.63) is 39.2 Å². The minimum atomic E-state index is -0.367. The van der Waals surface area contributed by atoms with Crippen LogP contribution >= 0.6 is 35.0 Å². The third-order valence-electron chi connectivity index (χ3n) is 2.02. The van der Waals surface area contributed by atoms with Gasteiger partial charge in [0.15, 0.2) is 5.17 Å². The predicted octanol–water partition coefficient (Wildman–Crippen LogP) is 2.93. The SMILES string of the molecule is O=C/C=C1\SC(=Nc2c(Cl)cccc2Cl)NC1=O. The number of rotatable bonds is 2. The van der Waals surface area contributed by atoms with E-state index < -0.39 is 0 Å². The van der Waals surface area contributed by atoms with Crippen molar-refractivity contribution < 1.29 is 9.59 Å². The van der Waals surface area contributed by atoms with E-state index in [0.717, 1.165) is 11.8 Å². The quantitative estimate of drug-likeness (QED) is 0.675. The van der Waals surface area contributed by atoms with Crippen LogP contribution in [0.15, 0.2) is 34.2 Å². The first kappa shape index (κ1) is 13.1. The summed E-state index contributed by atoms with van der Waals surface area (Å²) in [5.41, 5.74) is 0.385. The van der Waals surface area contributed by atoms with Crippen LogP contribution in [0.25, 0.3) is 0 Å². The molecular formula is C11H6Cl2N2O2S. The maximum atomic E-state index is 11.4. The van der Waals surface area contributed by atoms with Gasteiger partial charge in [0.25, 0.3) is 5.91 Å². The van der Waals surface area contributed by atoms with Crippen molar-refractivity contribution in [2.75, 3.05) is 0 Å². The highest BCUT2D eigenvalue weighted by Crippen LogP contribution is 2.35. The smallest absolute Gasteiger partial charge is 0.264 e. The number of carbonyl (C=O) groups is 2. The topological polar surface area (TPSA) is 58.5 Å². The Hall–Kier alpha value is -1.30. The fourth-order valence-electron chi connectivity index (χ4n) is 1.25. The number of amides is 1. The molecule has 1 N–H and O–H groups in total. The van der Waals surface area contributed by atoms with Crippen molar-refractivity contribution in [2.24, 2.45) is 4.99 Å². The molecule has 92 valence electrons. The van der Waals surface area contributed by atoms with Gasteiger partial charge in [0.2, 0.25) is 0 Å². The van der Waals surface area contributed by atoms with Crippen LogP contribution in [0.3, 0.4) is 0 Å². The Balaban J connectivity index is 2.34. The van der Waals surface area contributed by atoms with E-state index in [9.17, 15) is 9.59 Å². The third-order valence-corrected chi connectivity index (χ3v) is 3.56. The summed E-state index contributed by atoms with van der Waals surface area (Å²) in [7, 11) is 0. The number of nitrogens with zero attached hydrogens (tertiary/aromatic N) is 1. The summed E-state index contributed by atoms with van der Waals surface area (Å²) in [4.78, 5) is 26.2. The number of nitrogens with one attached hydrogen (secondary N) is 1. The van der Waals surface area contributed by atoms with E-state index in [4.69, 9.17) is 23.2 Å². The van der Waals surface area contributed by atoms with E-state index in [2.05, 4.69) is 10.3 Å². The highest BCUT2D eigenvalue weighted by molar-refractivity contribution is 8.18. The van der Waals surface area contributed by atoms with Crippen LogP contribution in [0.4, 0.5) is 5.69 Å². The van der Waals surface area contributed by atoms with Gasteiger partial charge in [0.1, 0.15) is 12.0 Å². The van der Waals surface area contributed by atoms with Crippen LogP contribution in [0.1, 0.15) is 0 Å². The Bertz CT molecular complexity index is 564. The van der Waals surface area contributed by atoms with Crippen LogP contribution in [-0.2, 0) is 9.59 Å². The molecule has 0 aliphatic carbocycles. The number of carbonyl (C=O) groups excluding carboxylic acids is 2. The van der Waals surface area contributed by atoms with E-state index in [-0.39, 0.29) is 10.8 Å². The minimum absolute atomic E-state index is 0.284. The monoisotopic (exact) mass is 300 g/mol. The fourth-order valence-corrected chi connectivity index (χ4v) is 2.49. The van der Waals surface area contributed by atoms with Crippen molar-refractivity contribution in [3.63, 3.8) is 0 Å². The van der Waals surface area contributed by atoms with Gasteiger partial charge in [-0.25, -0.2) is 4.99 Å². The lowest BCUT2D eigenvalue weighted by atomic mass is 10.3. The molecule has 0 radical (unpaired) electrons. The lowest BCUT2D eigenvalue weighted by Gasteiger charge is -2.01. The molecule has 0 unspecified atom stereocenters. The normalized spacial score (nSPS) is 19.3. The highest BCUT2D eigenvalue weighted by atomic mass is 35.5. The van der Waals surface area contributed by atoms with E-state index in [1.807, 2.05) is 0 Å². The molecule has 1 amide bonds. The van der Waals surface area contributed by atoms with Crippen molar-refractivity contribution >= 4 is 58.0 Å². The Kier molecular flexibility index (Phi) is 4.06. The fraction of sp³-hybridized carbons (Fsp3) is 0. The van der Waals surface area contributed by atoms with Gasteiger partial charge < -0.3 is 5.32 Å². The maximum absolute atomic E-state index is 11.4. The van der Waals surface area contributed by atoms with E-state index in [1.165, 1.54) is 6.08 Å². The molecule has 0 saturated carbocycles. The zero-order chi connectivity index (χ0) is 13.1. The van der Waals surface area contributed by atoms with Crippen molar-refractivity contribution in [3.8, 4) is 0 Å². The number of benzene rings is 1. The predicted molar refractivity (Wildman–Crippen MR) is 73.4 cm³/mol. The van der Waals surface area contributed by atoms with E-state index in [1.54, 1.807) is 18.2 Å². The number of halogens is 2. The Labute approximate surface area is 117 Å². The average Bonchev–Trinajstić information content (AvgIpc) is 2.66. The van der Waals surface area contributed by atoms with E-state index >= 15 is 0 Å². The summed E-state index contributed by atoms with van der Waals surface area (Å²) in [6.07, 6.45) is 1.73. The molecule has 0 spiro atoms. The summed E-state index contributed by atoms with van der Waals surface area (Å²) in [5.74, 6) is -0.367. The summed E-state index contributed by atoms with van der Waals surface area (Å²) in [5, 5.41) is 3.63. The third kappa shape index (κ3) is 2.75. The van der Waals surface area contributed by atoms with Gasteiger partial charge in [-0.1, -0.05) is 29.3 Å². The molecule has 1 aromatic rings. The van der Waals surface area contributed by atoms with Gasteiger partial charge in [-0.05, 0) is 30.0 Å². The number of aldehydes is 1. The number of allylic oxidation sites excluding steroid dienone is 1. The molecule has 1 fully saturated rings. The molecule has 18 heavy (non-hydrogen) atoms. The molecule has 4 nitrogen and oxygen atoms in total. The maximum Gasteiger partial charge on any atom is 0.264 e. The largest absolute Gasteiger partial charge is 0.300 e. The number of amidine groups is 1. The lowest BCUT2D eigenvalue weighted by Crippen LogP contribution is -2.19. The van der Waals surface area contributed by atoms with Gasteiger partial charge >= 0.3 is 0 Å². The molecule has 1 aliphatic rings. The van der Waals surface area contributed by atoms with Gasteiger partial charge in [-0.15, -0.1) is 0 Å². The second-order valence-electron chi connectivity index (χ2n) is 3.21. The molecule has 1 heterocycles. The number of para-hydroxylation sites is 1. The number of hydrogen-bond donors (Lipinski definition) is 1. The zero-order valence-electron chi connectivity index (χ0n) is 8.81. The van der Waals surface area contributed by atoms with Crippen molar-refractivity contribution in [1.82, 2.24) is 5.32 Å². The van der Waals surface area contributed by atoms with Crippen LogP contribution in [0, 0.1) is 0 Å². The number of thioether (sulfide) groups is 1. The number of aliphatic imine (C=N–C) groups is 1. The van der Waals surface area contributed by atoms with Gasteiger partial charge in [-0.2, -0.15) is 0 Å². The zero-order valence-corrected chi connectivity index (χ0v) is 11.1.